The van der Waals surface area contributed by atoms with E-state index in [1.54, 1.807) is 17.3 Å². The molecule has 0 aliphatic heterocycles. The third-order valence-corrected chi connectivity index (χ3v) is 4.08. The van der Waals surface area contributed by atoms with Crippen LogP contribution in [0.1, 0.15) is 44.6 Å². The Bertz CT molecular complexity index is 555. The van der Waals surface area contributed by atoms with Gasteiger partial charge in [0.2, 0.25) is 11.8 Å². The molecule has 1 aliphatic rings. The maximum Gasteiger partial charge on any atom is 0.239 e. The Morgan fingerprint density at radius 2 is 2.22 bits per heavy atom. The molecular weight excluding hydrogens is 290 g/mol. The van der Waals surface area contributed by atoms with Crippen molar-refractivity contribution in [2.24, 2.45) is 0 Å². The molecule has 5 heteroatoms. The van der Waals surface area contributed by atoms with E-state index in [9.17, 15) is 9.59 Å². The maximum absolute atomic E-state index is 12.0. The van der Waals surface area contributed by atoms with E-state index in [-0.39, 0.29) is 18.4 Å². The number of hydrogen-bond acceptors (Lipinski definition) is 3. The molecule has 2 rings (SSSR count). The van der Waals surface area contributed by atoms with E-state index in [1.807, 2.05) is 12.1 Å². The summed E-state index contributed by atoms with van der Waals surface area (Å²) < 4.78 is 0. The number of nitrogens with one attached hydrogen (secondary N) is 1. The summed E-state index contributed by atoms with van der Waals surface area (Å²) in [5.41, 5.74) is 2.36. The van der Waals surface area contributed by atoms with Crippen molar-refractivity contribution in [3.63, 3.8) is 0 Å². The quantitative estimate of drug-likeness (QED) is 0.786. The Labute approximate surface area is 137 Å². The number of amides is 2. The van der Waals surface area contributed by atoms with Crippen LogP contribution in [-0.4, -0.2) is 34.8 Å². The van der Waals surface area contributed by atoms with E-state index in [1.165, 1.54) is 25.3 Å². The largest absolute Gasteiger partial charge is 0.350 e. The van der Waals surface area contributed by atoms with Gasteiger partial charge < -0.3 is 10.2 Å². The molecular formula is C18H25N3O2. The van der Waals surface area contributed by atoms with Crippen LogP contribution in [0.5, 0.6) is 0 Å². The first-order valence-corrected chi connectivity index (χ1v) is 8.24. The van der Waals surface area contributed by atoms with Crippen LogP contribution in [-0.2, 0) is 16.1 Å². The molecule has 23 heavy (non-hydrogen) atoms. The lowest BCUT2D eigenvalue weighted by atomic mass is 9.97. The molecule has 0 fully saturated rings. The number of nitrogens with zero attached hydrogens (tertiary/aromatic N) is 2. The molecule has 0 unspecified atom stereocenters. The third-order valence-electron chi connectivity index (χ3n) is 4.08. The Kier molecular flexibility index (Phi) is 6.78. The zero-order chi connectivity index (χ0) is 16.5. The molecule has 0 radical (unpaired) electrons. The monoisotopic (exact) mass is 315 g/mol. The molecule has 0 saturated heterocycles. The summed E-state index contributed by atoms with van der Waals surface area (Å²) in [7, 11) is 0. The molecule has 124 valence electrons. The van der Waals surface area contributed by atoms with Crippen molar-refractivity contribution in [3.8, 4) is 0 Å². The Morgan fingerprint density at radius 3 is 2.87 bits per heavy atom. The fourth-order valence-corrected chi connectivity index (χ4v) is 2.69. The van der Waals surface area contributed by atoms with Crippen molar-refractivity contribution < 1.29 is 9.59 Å². The predicted molar refractivity (Wildman–Crippen MR) is 89.5 cm³/mol. The molecule has 0 saturated carbocycles. The average molecular weight is 315 g/mol. The van der Waals surface area contributed by atoms with Gasteiger partial charge in [0.05, 0.1) is 6.54 Å². The minimum absolute atomic E-state index is 0.0575. The van der Waals surface area contributed by atoms with Gasteiger partial charge in [-0.3, -0.25) is 14.6 Å². The molecule has 5 nitrogen and oxygen atoms in total. The second-order valence-corrected chi connectivity index (χ2v) is 5.94. The summed E-state index contributed by atoms with van der Waals surface area (Å²) in [6, 6.07) is 3.74. The zero-order valence-corrected chi connectivity index (χ0v) is 13.8. The van der Waals surface area contributed by atoms with Gasteiger partial charge in [-0.05, 0) is 43.7 Å². The number of pyridine rings is 1. The van der Waals surface area contributed by atoms with Crippen molar-refractivity contribution in [1.29, 1.82) is 0 Å². The van der Waals surface area contributed by atoms with Gasteiger partial charge in [0.1, 0.15) is 0 Å². The van der Waals surface area contributed by atoms with E-state index >= 15 is 0 Å². The Hall–Kier alpha value is -2.17. The van der Waals surface area contributed by atoms with E-state index in [4.69, 9.17) is 0 Å². The van der Waals surface area contributed by atoms with Crippen LogP contribution in [0.15, 0.2) is 36.2 Å². The van der Waals surface area contributed by atoms with Crippen molar-refractivity contribution in [3.05, 3.63) is 41.7 Å². The van der Waals surface area contributed by atoms with E-state index < -0.39 is 0 Å². The van der Waals surface area contributed by atoms with Crippen LogP contribution in [0.4, 0.5) is 0 Å². The smallest absolute Gasteiger partial charge is 0.239 e. The molecule has 2 amide bonds. The number of hydrogen-bond donors (Lipinski definition) is 1. The molecule has 0 atom stereocenters. The second kappa shape index (κ2) is 9.08. The molecule has 1 heterocycles. The highest BCUT2D eigenvalue weighted by atomic mass is 16.2. The number of rotatable bonds is 7. The lowest BCUT2D eigenvalue weighted by Gasteiger charge is -2.22. The first-order chi connectivity index (χ1) is 11.1. The van der Waals surface area contributed by atoms with Gasteiger partial charge in [-0.1, -0.05) is 17.7 Å². The summed E-state index contributed by atoms with van der Waals surface area (Å²) in [6.45, 7) is 2.68. The van der Waals surface area contributed by atoms with Gasteiger partial charge in [-0.15, -0.1) is 0 Å². The van der Waals surface area contributed by atoms with Crippen LogP contribution < -0.4 is 5.32 Å². The SMILES string of the molecule is CC(=O)N(CCC1=CCCCC1)CC(=O)NCc1cccnc1. The Balaban J connectivity index is 1.77. The third kappa shape index (κ3) is 6.22. The molecule has 1 N–H and O–H groups in total. The van der Waals surface area contributed by atoms with Crippen LogP contribution in [0, 0.1) is 0 Å². The minimum Gasteiger partial charge on any atom is -0.350 e. The van der Waals surface area contributed by atoms with Gasteiger partial charge >= 0.3 is 0 Å². The average Bonchev–Trinajstić information content (AvgIpc) is 2.58. The van der Waals surface area contributed by atoms with E-state index in [2.05, 4.69) is 16.4 Å². The summed E-state index contributed by atoms with van der Waals surface area (Å²) >= 11 is 0. The summed E-state index contributed by atoms with van der Waals surface area (Å²) in [4.78, 5) is 29.4. The first-order valence-electron chi connectivity index (χ1n) is 8.24. The topological polar surface area (TPSA) is 62.3 Å². The minimum atomic E-state index is -0.137. The first kappa shape index (κ1) is 17.2. The van der Waals surface area contributed by atoms with Crippen molar-refractivity contribution >= 4 is 11.8 Å². The molecule has 1 aromatic rings. The molecule has 1 aromatic heterocycles. The van der Waals surface area contributed by atoms with E-state index in [0.29, 0.717) is 13.1 Å². The van der Waals surface area contributed by atoms with Crippen molar-refractivity contribution in [1.82, 2.24) is 15.2 Å². The highest BCUT2D eigenvalue weighted by Gasteiger charge is 2.14. The molecule has 1 aliphatic carbocycles. The second-order valence-electron chi connectivity index (χ2n) is 5.94. The highest BCUT2D eigenvalue weighted by Crippen LogP contribution is 2.20. The molecule has 0 bridgehead atoms. The van der Waals surface area contributed by atoms with Gasteiger partial charge in [-0.2, -0.15) is 0 Å². The van der Waals surface area contributed by atoms with Crippen molar-refractivity contribution in [2.45, 2.75) is 45.6 Å². The summed E-state index contributed by atoms with van der Waals surface area (Å²) in [6.07, 6.45) is 11.3. The fourth-order valence-electron chi connectivity index (χ4n) is 2.69. The summed E-state index contributed by atoms with van der Waals surface area (Å²) in [5, 5.41) is 2.83. The maximum atomic E-state index is 12.0. The van der Waals surface area contributed by atoms with Gasteiger partial charge in [0.15, 0.2) is 0 Å². The van der Waals surface area contributed by atoms with Crippen LogP contribution in [0.2, 0.25) is 0 Å². The predicted octanol–water partition coefficient (Wildman–Crippen LogP) is 2.44. The fraction of sp³-hybridized carbons (Fsp3) is 0.500. The Morgan fingerprint density at radius 1 is 1.35 bits per heavy atom. The van der Waals surface area contributed by atoms with Crippen LogP contribution >= 0.6 is 0 Å². The molecule has 0 spiro atoms. The normalized spacial score (nSPS) is 14.0. The number of carbonyl (C=O) groups is 2. The van der Waals surface area contributed by atoms with Gasteiger partial charge in [0.25, 0.3) is 0 Å². The van der Waals surface area contributed by atoms with Crippen LogP contribution in [0.3, 0.4) is 0 Å². The van der Waals surface area contributed by atoms with Gasteiger partial charge in [-0.25, -0.2) is 0 Å². The highest BCUT2D eigenvalue weighted by molar-refractivity contribution is 5.83. The number of aromatic nitrogens is 1. The summed E-state index contributed by atoms with van der Waals surface area (Å²) in [5.74, 6) is -0.195. The van der Waals surface area contributed by atoms with E-state index in [0.717, 1.165) is 24.8 Å². The lowest BCUT2D eigenvalue weighted by Crippen LogP contribution is -2.40. The standard InChI is InChI=1S/C18H25N3O2/c1-15(22)21(11-9-16-6-3-2-4-7-16)14-18(23)20-13-17-8-5-10-19-12-17/h5-6,8,10,12H,2-4,7,9,11,13-14H2,1H3,(H,20,23). The number of allylic oxidation sites excluding steroid dienone is 1. The molecule has 0 aromatic carbocycles. The zero-order valence-electron chi connectivity index (χ0n) is 13.8. The lowest BCUT2D eigenvalue weighted by molar-refractivity contribution is -0.134. The van der Waals surface area contributed by atoms with Gasteiger partial charge in [0, 0.05) is 32.4 Å². The van der Waals surface area contributed by atoms with Crippen LogP contribution in [0.25, 0.3) is 0 Å². The number of carbonyl (C=O) groups excluding carboxylic acids is 2. The van der Waals surface area contributed by atoms with Crippen molar-refractivity contribution in [2.75, 3.05) is 13.1 Å².